The van der Waals surface area contributed by atoms with E-state index in [0.717, 1.165) is 25.9 Å². The molecular weight excluding hydrogens is 236 g/mol. The van der Waals surface area contributed by atoms with E-state index in [1.54, 1.807) is 0 Å². The van der Waals surface area contributed by atoms with E-state index in [1.165, 1.54) is 38.5 Å². The molecule has 1 saturated heterocycles. The maximum absolute atomic E-state index is 11.4. The highest BCUT2D eigenvalue weighted by molar-refractivity contribution is 5.03. The molecule has 3 rings (SSSR count). The van der Waals surface area contributed by atoms with E-state index in [-0.39, 0.29) is 5.60 Å². The van der Waals surface area contributed by atoms with Crippen LogP contribution >= 0.6 is 0 Å². The second-order valence-corrected chi connectivity index (χ2v) is 7.66. The monoisotopic (exact) mass is 266 g/mol. The third-order valence-electron chi connectivity index (χ3n) is 6.25. The predicted molar refractivity (Wildman–Crippen MR) is 77.0 cm³/mol. The smallest absolute Gasteiger partial charge is 0.0708 e. The predicted octanol–water partition coefficient (Wildman–Crippen LogP) is 3.91. The first-order valence-electron chi connectivity index (χ1n) is 8.42. The first-order valence-corrected chi connectivity index (χ1v) is 8.42. The summed E-state index contributed by atoms with van der Waals surface area (Å²) in [4.78, 5) is 0. The summed E-state index contributed by atoms with van der Waals surface area (Å²) in [5.74, 6) is 1.58. The van der Waals surface area contributed by atoms with E-state index in [2.05, 4.69) is 13.8 Å². The van der Waals surface area contributed by atoms with E-state index >= 15 is 0 Å². The molecule has 3 aliphatic rings. The topological polar surface area (TPSA) is 29.5 Å². The molecule has 3 unspecified atom stereocenters. The zero-order valence-electron chi connectivity index (χ0n) is 12.7. The Morgan fingerprint density at radius 1 is 1.05 bits per heavy atom. The SMILES string of the molecule is CC(C)C1CCCCC1(O)C1CCOC2(CCC2)C1. The first-order chi connectivity index (χ1) is 9.06. The van der Waals surface area contributed by atoms with Gasteiger partial charge in [-0.3, -0.25) is 0 Å². The van der Waals surface area contributed by atoms with Gasteiger partial charge in [0.25, 0.3) is 0 Å². The van der Waals surface area contributed by atoms with Gasteiger partial charge in [0.05, 0.1) is 11.2 Å². The average molecular weight is 266 g/mol. The van der Waals surface area contributed by atoms with E-state index < -0.39 is 5.60 Å². The first kappa shape index (κ1) is 13.9. The lowest BCUT2D eigenvalue weighted by Crippen LogP contribution is -2.56. The molecular formula is C17H30O2. The van der Waals surface area contributed by atoms with Gasteiger partial charge < -0.3 is 9.84 Å². The summed E-state index contributed by atoms with van der Waals surface area (Å²) < 4.78 is 6.05. The lowest BCUT2D eigenvalue weighted by molar-refractivity contribution is -0.197. The van der Waals surface area contributed by atoms with Crippen LogP contribution in [0.1, 0.15) is 71.6 Å². The van der Waals surface area contributed by atoms with Gasteiger partial charge in [-0.2, -0.15) is 0 Å². The molecule has 1 spiro atoms. The van der Waals surface area contributed by atoms with Crippen LogP contribution in [0.3, 0.4) is 0 Å². The highest BCUT2D eigenvalue weighted by Crippen LogP contribution is 2.52. The maximum atomic E-state index is 11.4. The Bertz CT molecular complexity index is 321. The molecule has 3 fully saturated rings. The van der Waals surface area contributed by atoms with Gasteiger partial charge in [-0.05, 0) is 62.7 Å². The van der Waals surface area contributed by atoms with Crippen LogP contribution in [0.4, 0.5) is 0 Å². The number of hydrogen-bond donors (Lipinski definition) is 1. The van der Waals surface area contributed by atoms with Crippen molar-refractivity contribution in [2.45, 2.75) is 82.8 Å². The second-order valence-electron chi connectivity index (χ2n) is 7.66. The van der Waals surface area contributed by atoms with Gasteiger partial charge in [-0.15, -0.1) is 0 Å². The highest BCUT2D eigenvalue weighted by atomic mass is 16.5. The largest absolute Gasteiger partial charge is 0.389 e. The molecule has 0 radical (unpaired) electrons. The Morgan fingerprint density at radius 3 is 2.47 bits per heavy atom. The van der Waals surface area contributed by atoms with Gasteiger partial charge in [0, 0.05) is 6.61 Å². The van der Waals surface area contributed by atoms with E-state index in [9.17, 15) is 5.11 Å². The summed E-state index contributed by atoms with van der Waals surface area (Å²) in [5, 5.41) is 11.4. The van der Waals surface area contributed by atoms with Crippen molar-refractivity contribution in [3.8, 4) is 0 Å². The fourth-order valence-electron chi connectivity index (χ4n) is 5.00. The molecule has 2 aliphatic carbocycles. The third kappa shape index (κ3) is 2.35. The van der Waals surface area contributed by atoms with E-state index in [1.807, 2.05) is 0 Å². The summed E-state index contributed by atoms with van der Waals surface area (Å²) in [5.41, 5.74) is -0.240. The molecule has 3 atom stereocenters. The van der Waals surface area contributed by atoms with Crippen LogP contribution in [0.15, 0.2) is 0 Å². The normalized spacial score (nSPS) is 42.3. The van der Waals surface area contributed by atoms with Gasteiger partial charge in [0.15, 0.2) is 0 Å². The summed E-state index contributed by atoms with van der Waals surface area (Å²) in [6.45, 7) is 5.45. The Hall–Kier alpha value is -0.0800. The number of ether oxygens (including phenoxy) is 1. The molecule has 2 nitrogen and oxygen atoms in total. The molecule has 2 heteroatoms. The van der Waals surface area contributed by atoms with Gasteiger partial charge in [0.1, 0.15) is 0 Å². The zero-order valence-corrected chi connectivity index (χ0v) is 12.7. The summed E-state index contributed by atoms with van der Waals surface area (Å²) in [7, 11) is 0. The Morgan fingerprint density at radius 2 is 1.84 bits per heavy atom. The third-order valence-corrected chi connectivity index (χ3v) is 6.25. The van der Waals surface area contributed by atoms with Crippen LogP contribution in [-0.4, -0.2) is 22.9 Å². The summed E-state index contributed by atoms with van der Waals surface area (Å²) in [6.07, 6.45) is 10.7. The highest BCUT2D eigenvalue weighted by Gasteiger charge is 2.52. The van der Waals surface area contributed by atoms with Crippen LogP contribution in [0, 0.1) is 17.8 Å². The standard InChI is InChI=1S/C17H30O2/c1-13(2)15-6-3-4-10-17(15,18)14-7-11-19-16(12-14)8-5-9-16/h13-15,18H,3-12H2,1-2H3. The van der Waals surface area contributed by atoms with Gasteiger partial charge in [-0.25, -0.2) is 0 Å². The molecule has 0 aromatic carbocycles. The maximum Gasteiger partial charge on any atom is 0.0708 e. The lowest BCUT2D eigenvalue weighted by Gasteiger charge is -2.54. The average Bonchev–Trinajstić information content (AvgIpc) is 2.37. The molecule has 1 aliphatic heterocycles. The molecule has 0 aromatic heterocycles. The van der Waals surface area contributed by atoms with Crippen molar-refractivity contribution >= 4 is 0 Å². The number of hydrogen-bond acceptors (Lipinski definition) is 2. The molecule has 19 heavy (non-hydrogen) atoms. The van der Waals surface area contributed by atoms with Crippen LogP contribution in [0.25, 0.3) is 0 Å². The van der Waals surface area contributed by atoms with Gasteiger partial charge >= 0.3 is 0 Å². The van der Waals surface area contributed by atoms with Crippen molar-refractivity contribution in [3.05, 3.63) is 0 Å². The molecule has 110 valence electrons. The van der Waals surface area contributed by atoms with E-state index in [4.69, 9.17) is 4.74 Å². The Kier molecular flexibility index (Phi) is 3.68. The number of rotatable bonds is 2. The summed E-state index contributed by atoms with van der Waals surface area (Å²) in [6, 6.07) is 0. The fourth-order valence-corrected chi connectivity index (χ4v) is 5.00. The molecule has 0 amide bonds. The second kappa shape index (κ2) is 5.04. The van der Waals surface area contributed by atoms with Crippen molar-refractivity contribution in [2.75, 3.05) is 6.61 Å². The van der Waals surface area contributed by atoms with Gasteiger partial charge in [-0.1, -0.05) is 26.7 Å². The minimum Gasteiger partial charge on any atom is -0.389 e. The quantitative estimate of drug-likeness (QED) is 0.821. The lowest BCUT2D eigenvalue weighted by atomic mass is 9.59. The van der Waals surface area contributed by atoms with Crippen LogP contribution < -0.4 is 0 Å². The van der Waals surface area contributed by atoms with Crippen molar-refractivity contribution in [1.29, 1.82) is 0 Å². The minimum absolute atomic E-state index is 0.164. The summed E-state index contributed by atoms with van der Waals surface area (Å²) >= 11 is 0. The van der Waals surface area contributed by atoms with Crippen LogP contribution in [-0.2, 0) is 4.74 Å². The van der Waals surface area contributed by atoms with Crippen molar-refractivity contribution in [3.63, 3.8) is 0 Å². The van der Waals surface area contributed by atoms with Crippen molar-refractivity contribution in [2.24, 2.45) is 17.8 Å². The molecule has 0 aromatic rings. The minimum atomic E-state index is -0.404. The Labute approximate surface area is 117 Å². The molecule has 1 N–H and O–H groups in total. The van der Waals surface area contributed by atoms with E-state index in [0.29, 0.717) is 17.8 Å². The zero-order chi connectivity index (χ0) is 13.5. The van der Waals surface area contributed by atoms with Crippen molar-refractivity contribution in [1.82, 2.24) is 0 Å². The van der Waals surface area contributed by atoms with Crippen molar-refractivity contribution < 1.29 is 9.84 Å². The molecule has 0 bridgehead atoms. The van der Waals surface area contributed by atoms with Gasteiger partial charge in [0.2, 0.25) is 0 Å². The van der Waals surface area contributed by atoms with Crippen LogP contribution in [0.2, 0.25) is 0 Å². The molecule has 1 heterocycles. The molecule has 2 saturated carbocycles. The fraction of sp³-hybridized carbons (Fsp3) is 1.00. The Balaban J connectivity index is 1.77. The van der Waals surface area contributed by atoms with Crippen LogP contribution in [0.5, 0.6) is 0 Å². The number of aliphatic hydroxyl groups is 1.